The molecule has 0 spiro atoms. The van der Waals surface area contributed by atoms with E-state index in [-0.39, 0.29) is 6.10 Å². The molecular formula is C10H22N2O. The first-order valence-electron chi connectivity index (χ1n) is 5.43. The van der Waals surface area contributed by atoms with Gasteiger partial charge in [-0.05, 0) is 52.2 Å². The van der Waals surface area contributed by atoms with E-state index in [2.05, 4.69) is 10.6 Å². The van der Waals surface area contributed by atoms with Gasteiger partial charge in [0.2, 0.25) is 0 Å². The summed E-state index contributed by atoms with van der Waals surface area (Å²) in [6, 6.07) is 0.370. The molecule has 3 heteroatoms. The average Bonchev–Trinajstić information content (AvgIpc) is 2.82. The highest BCUT2D eigenvalue weighted by Gasteiger charge is 2.17. The zero-order chi connectivity index (χ0) is 9.52. The number of aliphatic hydroxyl groups is 1. The monoisotopic (exact) mass is 186 g/mol. The molecule has 2 saturated heterocycles. The second-order valence-electron chi connectivity index (χ2n) is 3.90. The standard InChI is InChI=1S/C6H13NO.C4H9N/c1-5(8)6-3-2-4-7-6;1-2-4-5-3-1/h5-8H,2-4H2,1H3;5H,1-4H2/t5-,6-;/m1./s1. The summed E-state index contributed by atoms with van der Waals surface area (Å²) in [5.41, 5.74) is 0. The highest BCUT2D eigenvalue weighted by Crippen LogP contribution is 2.07. The van der Waals surface area contributed by atoms with Crippen LogP contribution in [0, 0.1) is 0 Å². The zero-order valence-corrected chi connectivity index (χ0v) is 8.55. The first-order chi connectivity index (χ1) is 6.30. The Labute approximate surface area is 80.9 Å². The summed E-state index contributed by atoms with van der Waals surface area (Å²) in [4.78, 5) is 0. The van der Waals surface area contributed by atoms with Crippen molar-refractivity contribution in [1.29, 1.82) is 0 Å². The van der Waals surface area contributed by atoms with E-state index in [9.17, 15) is 0 Å². The van der Waals surface area contributed by atoms with E-state index in [1.165, 1.54) is 32.4 Å². The lowest BCUT2D eigenvalue weighted by atomic mass is 10.1. The molecule has 2 atom stereocenters. The quantitative estimate of drug-likeness (QED) is 0.558. The molecule has 0 aromatic heterocycles. The smallest absolute Gasteiger partial charge is 0.0665 e. The van der Waals surface area contributed by atoms with Crippen molar-refractivity contribution in [2.45, 2.75) is 44.8 Å². The third-order valence-electron chi connectivity index (χ3n) is 2.64. The van der Waals surface area contributed by atoms with Gasteiger partial charge in [0, 0.05) is 6.04 Å². The predicted octanol–water partition coefficient (Wildman–Crippen LogP) is 0.489. The summed E-state index contributed by atoms with van der Waals surface area (Å²) in [6.07, 6.45) is 4.96. The van der Waals surface area contributed by atoms with Gasteiger partial charge in [-0.2, -0.15) is 0 Å². The summed E-state index contributed by atoms with van der Waals surface area (Å²) in [5, 5.41) is 15.4. The fourth-order valence-corrected chi connectivity index (χ4v) is 1.75. The van der Waals surface area contributed by atoms with E-state index < -0.39 is 0 Å². The van der Waals surface area contributed by atoms with E-state index in [4.69, 9.17) is 5.11 Å². The molecular weight excluding hydrogens is 164 g/mol. The molecule has 0 aromatic carbocycles. The van der Waals surface area contributed by atoms with Crippen LogP contribution in [0.5, 0.6) is 0 Å². The van der Waals surface area contributed by atoms with Crippen LogP contribution in [0.15, 0.2) is 0 Å². The Hall–Kier alpha value is -0.120. The number of nitrogens with one attached hydrogen (secondary N) is 2. The van der Waals surface area contributed by atoms with Crippen LogP contribution in [0.2, 0.25) is 0 Å². The molecule has 0 amide bonds. The lowest BCUT2D eigenvalue weighted by Crippen LogP contribution is -2.32. The molecule has 2 fully saturated rings. The van der Waals surface area contributed by atoms with Crippen LogP contribution in [-0.2, 0) is 0 Å². The molecule has 13 heavy (non-hydrogen) atoms. The predicted molar refractivity (Wildman–Crippen MR) is 54.8 cm³/mol. The van der Waals surface area contributed by atoms with Crippen molar-refractivity contribution in [2.24, 2.45) is 0 Å². The molecule has 0 unspecified atom stereocenters. The molecule has 3 N–H and O–H groups in total. The maximum absolute atomic E-state index is 8.99. The van der Waals surface area contributed by atoms with Crippen LogP contribution in [0.25, 0.3) is 0 Å². The van der Waals surface area contributed by atoms with Crippen molar-refractivity contribution in [3.63, 3.8) is 0 Å². The summed E-state index contributed by atoms with van der Waals surface area (Å²) >= 11 is 0. The van der Waals surface area contributed by atoms with Crippen molar-refractivity contribution < 1.29 is 5.11 Å². The van der Waals surface area contributed by atoms with Crippen molar-refractivity contribution in [1.82, 2.24) is 10.6 Å². The van der Waals surface area contributed by atoms with Gasteiger partial charge in [0.15, 0.2) is 0 Å². The number of hydrogen-bond acceptors (Lipinski definition) is 3. The van der Waals surface area contributed by atoms with Gasteiger partial charge in [0.1, 0.15) is 0 Å². The van der Waals surface area contributed by atoms with E-state index >= 15 is 0 Å². The summed E-state index contributed by atoms with van der Waals surface area (Å²) < 4.78 is 0. The maximum Gasteiger partial charge on any atom is 0.0665 e. The molecule has 3 nitrogen and oxygen atoms in total. The molecule has 0 radical (unpaired) electrons. The third-order valence-corrected chi connectivity index (χ3v) is 2.64. The fourth-order valence-electron chi connectivity index (χ4n) is 1.75. The van der Waals surface area contributed by atoms with Crippen molar-refractivity contribution in [3.05, 3.63) is 0 Å². The molecule has 0 saturated carbocycles. The molecule has 0 bridgehead atoms. The molecule has 2 rings (SSSR count). The molecule has 2 heterocycles. The summed E-state index contributed by atoms with van der Waals surface area (Å²) in [5.74, 6) is 0. The number of rotatable bonds is 1. The molecule has 0 aliphatic carbocycles. The van der Waals surface area contributed by atoms with Gasteiger partial charge in [0.25, 0.3) is 0 Å². The SMILES string of the molecule is C1CCNC1.C[C@@H](O)[C@H]1CCCN1. The lowest BCUT2D eigenvalue weighted by molar-refractivity contribution is 0.154. The van der Waals surface area contributed by atoms with Crippen LogP contribution in [0.3, 0.4) is 0 Å². The Morgan fingerprint density at radius 3 is 2.08 bits per heavy atom. The third kappa shape index (κ3) is 4.60. The Morgan fingerprint density at radius 1 is 1.15 bits per heavy atom. The van der Waals surface area contributed by atoms with Crippen molar-refractivity contribution >= 4 is 0 Å². The Balaban J connectivity index is 0.000000145. The van der Waals surface area contributed by atoms with Gasteiger partial charge in [0.05, 0.1) is 6.10 Å². The first-order valence-corrected chi connectivity index (χ1v) is 5.43. The van der Waals surface area contributed by atoms with Crippen LogP contribution >= 0.6 is 0 Å². The first kappa shape index (κ1) is 11.0. The van der Waals surface area contributed by atoms with Crippen LogP contribution in [-0.4, -0.2) is 36.9 Å². The fraction of sp³-hybridized carbons (Fsp3) is 1.00. The minimum Gasteiger partial charge on any atom is -0.392 e. The van der Waals surface area contributed by atoms with Crippen LogP contribution in [0.1, 0.15) is 32.6 Å². The maximum atomic E-state index is 8.99. The molecule has 2 aliphatic rings. The normalized spacial score (nSPS) is 29.5. The summed E-state index contributed by atoms with van der Waals surface area (Å²) in [7, 11) is 0. The average molecular weight is 186 g/mol. The number of hydrogen-bond donors (Lipinski definition) is 3. The van der Waals surface area contributed by atoms with Gasteiger partial charge >= 0.3 is 0 Å². The van der Waals surface area contributed by atoms with Crippen LogP contribution in [0.4, 0.5) is 0 Å². The largest absolute Gasteiger partial charge is 0.392 e. The van der Waals surface area contributed by atoms with Crippen molar-refractivity contribution in [3.8, 4) is 0 Å². The minimum absolute atomic E-state index is 0.169. The lowest BCUT2D eigenvalue weighted by Gasteiger charge is -2.11. The van der Waals surface area contributed by atoms with Gasteiger partial charge in [-0.25, -0.2) is 0 Å². The Kier molecular flexibility index (Phi) is 5.35. The second kappa shape index (κ2) is 6.35. The molecule has 0 aromatic rings. The molecule has 2 aliphatic heterocycles. The highest BCUT2D eigenvalue weighted by molar-refractivity contribution is 4.77. The Bertz CT molecular complexity index is 110. The highest BCUT2D eigenvalue weighted by atomic mass is 16.3. The van der Waals surface area contributed by atoms with Gasteiger partial charge in [-0.1, -0.05) is 0 Å². The van der Waals surface area contributed by atoms with E-state index in [0.29, 0.717) is 6.04 Å². The zero-order valence-electron chi connectivity index (χ0n) is 8.55. The summed E-state index contributed by atoms with van der Waals surface area (Å²) in [6.45, 7) is 5.42. The Morgan fingerprint density at radius 2 is 1.85 bits per heavy atom. The van der Waals surface area contributed by atoms with Gasteiger partial charge in [-0.15, -0.1) is 0 Å². The van der Waals surface area contributed by atoms with Crippen LogP contribution < -0.4 is 10.6 Å². The van der Waals surface area contributed by atoms with E-state index in [1.54, 1.807) is 0 Å². The van der Waals surface area contributed by atoms with E-state index in [1.807, 2.05) is 6.92 Å². The minimum atomic E-state index is -0.169. The van der Waals surface area contributed by atoms with Gasteiger partial charge in [-0.3, -0.25) is 0 Å². The number of aliphatic hydroxyl groups excluding tert-OH is 1. The topological polar surface area (TPSA) is 44.3 Å². The van der Waals surface area contributed by atoms with E-state index in [0.717, 1.165) is 13.0 Å². The van der Waals surface area contributed by atoms with Gasteiger partial charge < -0.3 is 15.7 Å². The second-order valence-corrected chi connectivity index (χ2v) is 3.90. The molecule has 78 valence electrons. The van der Waals surface area contributed by atoms with Crippen molar-refractivity contribution in [2.75, 3.05) is 19.6 Å².